The van der Waals surface area contributed by atoms with Crippen LogP contribution < -0.4 is 10.6 Å². The smallest absolute Gasteiger partial charge is 0.257 e. The standard InChI is InChI=1S/C21H18ClN3O2/c22-17-5-1-3-15(13-17)6-11-20(26)24-18-7-9-19(10-8-18)25-21(27)16-4-2-12-23-14-16/h1-5,7-10,12-14H,6,11H2,(H,24,26)(H,25,27). The molecule has 1 heterocycles. The summed E-state index contributed by atoms with van der Waals surface area (Å²) >= 11 is 5.95. The molecule has 0 fully saturated rings. The number of rotatable bonds is 6. The number of nitrogens with one attached hydrogen (secondary N) is 2. The summed E-state index contributed by atoms with van der Waals surface area (Å²) in [5, 5.41) is 6.29. The second-order valence-corrected chi connectivity index (χ2v) is 6.39. The number of nitrogens with zero attached hydrogens (tertiary/aromatic N) is 1. The Labute approximate surface area is 162 Å². The molecule has 5 nitrogen and oxygen atoms in total. The van der Waals surface area contributed by atoms with Crippen molar-refractivity contribution in [3.63, 3.8) is 0 Å². The summed E-state index contributed by atoms with van der Waals surface area (Å²) in [7, 11) is 0. The summed E-state index contributed by atoms with van der Waals surface area (Å²) in [6.45, 7) is 0. The summed E-state index contributed by atoms with van der Waals surface area (Å²) in [6.07, 6.45) is 4.09. The van der Waals surface area contributed by atoms with Crippen LogP contribution >= 0.6 is 11.6 Å². The van der Waals surface area contributed by atoms with Gasteiger partial charge in [-0.25, -0.2) is 0 Å². The molecule has 0 aliphatic heterocycles. The van der Waals surface area contributed by atoms with Gasteiger partial charge in [0.25, 0.3) is 5.91 Å². The lowest BCUT2D eigenvalue weighted by Crippen LogP contribution is -2.13. The van der Waals surface area contributed by atoms with Crippen molar-refractivity contribution >= 4 is 34.8 Å². The van der Waals surface area contributed by atoms with E-state index in [1.807, 2.05) is 18.2 Å². The third-order valence-corrected chi connectivity index (χ3v) is 4.12. The van der Waals surface area contributed by atoms with Gasteiger partial charge in [-0.1, -0.05) is 23.7 Å². The Morgan fingerprint density at radius 3 is 2.33 bits per heavy atom. The maximum atomic E-state index is 12.1. The fraction of sp³-hybridized carbons (Fsp3) is 0.0952. The second-order valence-electron chi connectivity index (χ2n) is 5.95. The number of anilines is 2. The molecule has 2 N–H and O–H groups in total. The first-order chi connectivity index (χ1) is 13.1. The number of pyridine rings is 1. The average molecular weight is 380 g/mol. The van der Waals surface area contributed by atoms with Crippen LogP contribution in [-0.4, -0.2) is 16.8 Å². The van der Waals surface area contributed by atoms with Gasteiger partial charge in [0.05, 0.1) is 5.56 Å². The quantitative estimate of drug-likeness (QED) is 0.659. The van der Waals surface area contributed by atoms with Crippen LogP contribution in [0.3, 0.4) is 0 Å². The van der Waals surface area contributed by atoms with Gasteiger partial charge < -0.3 is 10.6 Å². The molecule has 136 valence electrons. The molecule has 0 spiro atoms. The third-order valence-electron chi connectivity index (χ3n) is 3.88. The van der Waals surface area contributed by atoms with Gasteiger partial charge in [0.1, 0.15) is 0 Å². The van der Waals surface area contributed by atoms with Crippen LogP contribution in [0.15, 0.2) is 73.1 Å². The lowest BCUT2D eigenvalue weighted by Gasteiger charge is -2.08. The molecule has 0 saturated carbocycles. The normalized spacial score (nSPS) is 10.3. The van der Waals surface area contributed by atoms with E-state index in [2.05, 4.69) is 15.6 Å². The molecule has 1 aromatic heterocycles. The second kappa shape index (κ2) is 8.96. The molecule has 0 aliphatic rings. The number of hydrogen-bond acceptors (Lipinski definition) is 3. The van der Waals surface area contributed by atoms with Crippen LogP contribution in [0.4, 0.5) is 11.4 Å². The molecular formula is C21H18ClN3O2. The molecule has 27 heavy (non-hydrogen) atoms. The number of carbonyl (C=O) groups is 2. The highest BCUT2D eigenvalue weighted by Gasteiger charge is 2.07. The summed E-state index contributed by atoms with van der Waals surface area (Å²) in [6, 6.07) is 17.8. The van der Waals surface area contributed by atoms with Crippen molar-refractivity contribution in [2.45, 2.75) is 12.8 Å². The molecule has 3 aromatic rings. The highest BCUT2D eigenvalue weighted by Crippen LogP contribution is 2.16. The van der Waals surface area contributed by atoms with E-state index in [0.29, 0.717) is 34.8 Å². The van der Waals surface area contributed by atoms with Crippen LogP contribution in [-0.2, 0) is 11.2 Å². The van der Waals surface area contributed by atoms with Crippen molar-refractivity contribution < 1.29 is 9.59 Å². The number of hydrogen-bond donors (Lipinski definition) is 2. The molecule has 3 rings (SSSR count). The zero-order chi connectivity index (χ0) is 19.1. The first kappa shape index (κ1) is 18.6. The number of halogens is 1. The minimum Gasteiger partial charge on any atom is -0.326 e. The minimum atomic E-state index is -0.235. The number of amides is 2. The Kier molecular flexibility index (Phi) is 6.18. The van der Waals surface area contributed by atoms with Crippen molar-refractivity contribution in [3.05, 3.63) is 89.2 Å². The predicted octanol–water partition coefficient (Wildman–Crippen LogP) is 4.56. The van der Waals surface area contributed by atoms with Gasteiger partial charge in [0.15, 0.2) is 0 Å². The zero-order valence-electron chi connectivity index (χ0n) is 14.5. The molecule has 0 radical (unpaired) electrons. The van der Waals surface area contributed by atoms with Crippen molar-refractivity contribution in [1.29, 1.82) is 0 Å². The average Bonchev–Trinajstić information content (AvgIpc) is 2.69. The van der Waals surface area contributed by atoms with Gasteiger partial charge in [-0.3, -0.25) is 14.6 Å². The van der Waals surface area contributed by atoms with Crippen molar-refractivity contribution in [1.82, 2.24) is 4.98 Å². The maximum absolute atomic E-state index is 12.1. The number of carbonyl (C=O) groups excluding carboxylic acids is 2. The fourth-order valence-corrected chi connectivity index (χ4v) is 2.72. The van der Waals surface area contributed by atoms with Gasteiger partial charge >= 0.3 is 0 Å². The van der Waals surface area contributed by atoms with Crippen molar-refractivity contribution in [2.75, 3.05) is 10.6 Å². The maximum Gasteiger partial charge on any atom is 0.257 e. The fourth-order valence-electron chi connectivity index (χ4n) is 2.51. The van der Waals surface area contributed by atoms with E-state index in [1.54, 1.807) is 48.7 Å². The van der Waals surface area contributed by atoms with E-state index in [9.17, 15) is 9.59 Å². The Balaban J connectivity index is 1.51. The topological polar surface area (TPSA) is 71.1 Å². The van der Waals surface area contributed by atoms with Gasteiger partial charge in [-0.05, 0) is 60.5 Å². The van der Waals surface area contributed by atoms with E-state index in [-0.39, 0.29) is 11.8 Å². The first-order valence-corrected chi connectivity index (χ1v) is 8.84. The van der Waals surface area contributed by atoms with E-state index < -0.39 is 0 Å². The molecule has 0 unspecified atom stereocenters. The highest BCUT2D eigenvalue weighted by molar-refractivity contribution is 6.30. The number of aromatic nitrogens is 1. The zero-order valence-corrected chi connectivity index (χ0v) is 15.2. The third kappa shape index (κ3) is 5.66. The van der Waals surface area contributed by atoms with Crippen LogP contribution in [0.1, 0.15) is 22.3 Å². The molecule has 0 aliphatic carbocycles. The Hall–Kier alpha value is -3.18. The van der Waals surface area contributed by atoms with Crippen molar-refractivity contribution in [2.24, 2.45) is 0 Å². The van der Waals surface area contributed by atoms with Crippen molar-refractivity contribution in [3.8, 4) is 0 Å². The van der Waals surface area contributed by atoms with Crippen LogP contribution in [0.5, 0.6) is 0 Å². The molecular weight excluding hydrogens is 362 g/mol. The lowest BCUT2D eigenvalue weighted by molar-refractivity contribution is -0.116. The summed E-state index contributed by atoms with van der Waals surface area (Å²) in [4.78, 5) is 28.1. The Bertz CT molecular complexity index is 928. The van der Waals surface area contributed by atoms with Crippen LogP contribution in [0, 0.1) is 0 Å². The summed E-state index contributed by atoms with van der Waals surface area (Å²) in [5.74, 6) is -0.316. The number of benzene rings is 2. The van der Waals surface area contributed by atoms with Gasteiger partial charge in [-0.2, -0.15) is 0 Å². The molecule has 0 saturated heterocycles. The number of aryl methyl sites for hydroxylation is 1. The van der Waals surface area contributed by atoms with E-state index in [4.69, 9.17) is 11.6 Å². The lowest BCUT2D eigenvalue weighted by atomic mass is 10.1. The first-order valence-electron chi connectivity index (χ1n) is 8.46. The van der Waals surface area contributed by atoms with Crippen LogP contribution in [0.2, 0.25) is 5.02 Å². The molecule has 2 aromatic carbocycles. The highest BCUT2D eigenvalue weighted by atomic mass is 35.5. The molecule has 0 bridgehead atoms. The van der Waals surface area contributed by atoms with Gasteiger partial charge in [-0.15, -0.1) is 0 Å². The molecule has 0 atom stereocenters. The van der Waals surface area contributed by atoms with Gasteiger partial charge in [0.2, 0.25) is 5.91 Å². The summed E-state index contributed by atoms with van der Waals surface area (Å²) < 4.78 is 0. The van der Waals surface area contributed by atoms with E-state index in [0.717, 1.165) is 5.56 Å². The monoisotopic (exact) mass is 379 g/mol. The summed E-state index contributed by atoms with van der Waals surface area (Å²) in [5.41, 5.74) is 2.81. The largest absolute Gasteiger partial charge is 0.326 e. The Morgan fingerprint density at radius 2 is 1.67 bits per heavy atom. The SMILES string of the molecule is O=C(CCc1cccc(Cl)c1)Nc1ccc(NC(=O)c2cccnc2)cc1. The van der Waals surface area contributed by atoms with Gasteiger partial charge in [0, 0.05) is 35.2 Å². The van der Waals surface area contributed by atoms with E-state index >= 15 is 0 Å². The predicted molar refractivity (Wildman–Crippen MR) is 107 cm³/mol. The minimum absolute atomic E-state index is 0.0814. The Morgan fingerprint density at radius 1 is 0.926 bits per heavy atom. The van der Waals surface area contributed by atoms with Crippen LogP contribution in [0.25, 0.3) is 0 Å². The molecule has 6 heteroatoms. The molecule has 2 amide bonds. The van der Waals surface area contributed by atoms with E-state index in [1.165, 1.54) is 6.20 Å².